The highest BCUT2D eigenvalue weighted by molar-refractivity contribution is 7.13. The first-order valence-corrected chi connectivity index (χ1v) is 11.1. The molecular formula is C25H25N3O4S. The average Bonchev–Trinajstić information content (AvgIpc) is 3.21. The number of hydrogen-bond acceptors (Lipinski definition) is 7. The van der Waals surface area contributed by atoms with Crippen LogP contribution >= 0.6 is 11.3 Å². The number of nitrogens with zero attached hydrogens (tertiary/aromatic N) is 2. The van der Waals surface area contributed by atoms with Crippen molar-refractivity contribution in [1.29, 1.82) is 5.26 Å². The van der Waals surface area contributed by atoms with E-state index in [2.05, 4.69) is 10.3 Å². The maximum Gasteiger partial charge on any atom is 0.268 e. The molecule has 0 saturated carbocycles. The molecule has 0 spiro atoms. The Morgan fingerprint density at radius 1 is 1.12 bits per heavy atom. The zero-order chi connectivity index (χ0) is 23.8. The number of aromatic nitrogens is 1. The maximum absolute atomic E-state index is 12.4. The van der Waals surface area contributed by atoms with E-state index in [0.29, 0.717) is 35.4 Å². The van der Waals surface area contributed by atoms with Crippen molar-refractivity contribution in [3.05, 3.63) is 69.7 Å². The van der Waals surface area contributed by atoms with E-state index in [1.165, 1.54) is 24.5 Å². The molecule has 170 valence electrons. The van der Waals surface area contributed by atoms with E-state index in [1.54, 1.807) is 18.2 Å². The van der Waals surface area contributed by atoms with Crippen molar-refractivity contribution in [3.8, 4) is 23.3 Å². The zero-order valence-corrected chi connectivity index (χ0v) is 19.8. The van der Waals surface area contributed by atoms with Crippen molar-refractivity contribution < 1.29 is 19.0 Å². The van der Waals surface area contributed by atoms with E-state index in [4.69, 9.17) is 14.2 Å². The fraction of sp³-hybridized carbons (Fsp3) is 0.240. The number of nitriles is 1. The Kier molecular flexibility index (Phi) is 8.06. The highest BCUT2D eigenvalue weighted by Crippen LogP contribution is 2.29. The molecule has 1 aromatic heterocycles. The van der Waals surface area contributed by atoms with Gasteiger partial charge in [0.1, 0.15) is 30.6 Å². The highest BCUT2D eigenvalue weighted by Gasteiger charge is 2.13. The molecule has 0 radical (unpaired) electrons. The van der Waals surface area contributed by atoms with E-state index in [1.807, 2.05) is 50.4 Å². The second-order valence-electron chi connectivity index (χ2n) is 7.25. The molecule has 0 aliphatic carbocycles. The molecule has 0 bridgehead atoms. The minimum absolute atomic E-state index is 0.0411. The van der Waals surface area contributed by atoms with E-state index in [-0.39, 0.29) is 5.57 Å². The summed E-state index contributed by atoms with van der Waals surface area (Å²) in [4.78, 5) is 16.6. The number of carbonyl (C=O) groups is 1. The monoisotopic (exact) mass is 463 g/mol. The van der Waals surface area contributed by atoms with Crippen LogP contribution in [0.1, 0.15) is 22.4 Å². The summed E-state index contributed by atoms with van der Waals surface area (Å²) in [6.45, 7) is 6.56. The third-order valence-electron chi connectivity index (χ3n) is 4.70. The molecular weight excluding hydrogens is 438 g/mol. The molecule has 8 heteroatoms. The molecule has 0 saturated heterocycles. The molecule has 2 aromatic carbocycles. The number of nitrogens with one attached hydrogen (secondary N) is 1. The standard InChI is InChI=1S/C25H25N3O4S/c1-16-6-5-7-17(2)23(16)32-11-10-31-21-9-8-19(13-22(21)30-4)12-20(14-26)24(29)28-25-27-18(3)15-33-25/h5-9,12-13,15H,10-11H2,1-4H3,(H,27,28,29). The van der Waals surface area contributed by atoms with Crippen LogP contribution in [0.5, 0.6) is 17.2 Å². The SMILES string of the molecule is COc1cc(C=C(C#N)C(=O)Nc2nc(C)cs2)ccc1OCCOc1c(C)cccc1C. The van der Waals surface area contributed by atoms with Crippen LogP contribution in [0.4, 0.5) is 5.13 Å². The van der Waals surface area contributed by atoms with Crippen molar-refractivity contribution in [3.63, 3.8) is 0 Å². The summed E-state index contributed by atoms with van der Waals surface area (Å²) in [6, 6.07) is 13.1. The van der Waals surface area contributed by atoms with Gasteiger partial charge >= 0.3 is 0 Å². The lowest BCUT2D eigenvalue weighted by Crippen LogP contribution is -2.13. The van der Waals surface area contributed by atoms with Crippen molar-refractivity contribution in [2.24, 2.45) is 0 Å². The number of aryl methyl sites for hydroxylation is 3. The number of carbonyl (C=O) groups excluding carboxylic acids is 1. The Hall–Kier alpha value is -3.83. The number of methoxy groups -OCH3 is 1. The first-order valence-electron chi connectivity index (χ1n) is 10.3. The topological polar surface area (TPSA) is 93.5 Å². The third-order valence-corrected chi connectivity index (χ3v) is 5.57. The average molecular weight is 464 g/mol. The van der Waals surface area contributed by atoms with Crippen LogP contribution in [-0.4, -0.2) is 31.2 Å². The number of thiazole rings is 1. The van der Waals surface area contributed by atoms with E-state index < -0.39 is 5.91 Å². The molecule has 7 nitrogen and oxygen atoms in total. The number of rotatable bonds is 9. The van der Waals surface area contributed by atoms with Crippen LogP contribution in [0.2, 0.25) is 0 Å². The van der Waals surface area contributed by atoms with Crippen molar-refractivity contribution in [2.45, 2.75) is 20.8 Å². The molecule has 3 aromatic rings. The summed E-state index contributed by atoms with van der Waals surface area (Å²) in [5.41, 5.74) is 3.54. The van der Waals surface area contributed by atoms with Gasteiger partial charge in [-0.05, 0) is 55.7 Å². The minimum atomic E-state index is -0.519. The van der Waals surface area contributed by atoms with Gasteiger partial charge in [-0.15, -0.1) is 11.3 Å². The van der Waals surface area contributed by atoms with Gasteiger partial charge in [0.05, 0.1) is 12.8 Å². The van der Waals surface area contributed by atoms with Gasteiger partial charge in [-0.1, -0.05) is 24.3 Å². The number of amides is 1. The van der Waals surface area contributed by atoms with E-state index in [0.717, 1.165) is 22.6 Å². The van der Waals surface area contributed by atoms with Crippen LogP contribution < -0.4 is 19.5 Å². The minimum Gasteiger partial charge on any atom is -0.493 e. The van der Waals surface area contributed by atoms with Crippen LogP contribution in [-0.2, 0) is 4.79 Å². The first-order chi connectivity index (χ1) is 15.9. The Morgan fingerprint density at radius 2 is 1.85 bits per heavy atom. The number of benzene rings is 2. The maximum atomic E-state index is 12.4. The summed E-state index contributed by atoms with van der Waals surface area (Å²) in [5, 5.41) is 14.3. The Labute approximate surface area is 197 Å². The van der Waals surface area contributed by atoms with Crippen LogP contribution in [0.3, 0.4) is 0 Å². The molecule has 3 rings (SSSR count). The summed E-state index contributed by atoms with van der Waals surface area (Å²) in [7, 11) is 1.53. The predicted octanol–water partition coefficient (Wildman–Crippen LogP) is 5.08. The van der Waals surface area contributed by atoms with Crippen molar-refractivity contribution >= 4 is 28.5 Å². The quantitative estimate of drug-likeness (QED) is 0.270. The fourth-order valence-electron chi connectivity index (χ4n) is 3.11. The van der Waals surface area contributed by atoms with Gasteiger partial charge in [-0.25, -0.2) is 4.98 Å². The molecule has 1 heterocycles. The Bertz CT molecular complexity index is 1190. The number of para-hydroxylation sites is 1. The molecule has 0 aliphatic heterocycles. The fourth-order valence-corrected chi connectivity index (χ4v) is 3.79. The summed E-state index contributed by atoms with van der Waals surface area (Å²) in [6.07, 6.45) is 1.49. The van der Waals surface area contributed by atoms with Gasteiger partial charge in [0.15, 0.2) is 16.6 Å². The number of anilines is 1. The van der Waals surface area contributed by atoms with Crippen molar-refractivity contribution in [1.82, 2.24) is 4.98 Å². The lowest BCUT2D eigenvalue weighted by Gasteiger charge is -2.14. The molecule has 0 aliphatic rings. The van der Waals surface area contributed by atoms with Crippen LogP contribution in [0.25, 0.3) is 6.08 Å². The van der Waals surface area contributed by atoms with Crippen molar-refractivity contribution in [2.75, 3.05) is 25.6 Å². The van der Waals surface area contributed by atoms with Gasteiger partial charge in [-0.2, -0.15) is 5.26 Å². The lowest BCUT2D eigenvalue weighted by molar-refractivity contribution is -0.112. The first kappa shape index (κ1) is 23.8. The lowest BCUT2D eigenvalue weighted by atomic mass is 10.1. The van der Waals surface area contributed by atoms with Gasteiger partial charge in [0.25, 0.3) is 5.91 Å². The highest BCUT2D eigenvalue weighted by atomic mass is 32.1. The molecule has 0 fully saturated rings. The largest absolute Gasteiger partial charge is 0.493 e. The third kappa shape index (κ3) is 6.34. The second-order valence-corrected chi connectivity index (χ2v) is 8.10. The smallest absolute Gasteiger partial charge is 0.268 e. The number of ether oxygens (including phenoxy) is 3. The summed E-state index contributed by atoms with van der Waals surface area (Å²) < 4.78 is 17.1. The van der Waals surface area contributed by atoms with Gasteiger partial charge in [0.2, 0.25) is 0 Å². The zero-order valence-electron chi connectivity index (χ0n) is 19.0. The van der Waals surface area contributed by atoms with Crippen LogP contribution in [0.15, 0.2) is 47.4 Å². The summed E-state index contributed by atoms with van der Waals surface area (Å²) >= 11 is 1.30. The summed E-state index contributed by atoms with van der Waals surface area (Å²) in [5.74, 6) is 1.38. The van der Waals surface area contributed by atoms with Gasteiger partial charge in [0, 0.05) is 5.38 Å². The van der Waals surface area contributed by atoms with Gasteiger partial charge in [-0.3, -0.25) is 10.1 Å². The molecule has 33 heavy (non-hydrogen) atoms. The Morgan fingerprint density at radius 3 is 2.48 bits per heavy atom. The van der Waals surface area contributed by atoms with Gasteiger partial charge < -0.3 is 14.2 Å². The molecule has 0 unspecified atom stereocenters. The second kappa shape index (κ2) is 11.2. The molecule has 0 atom stereocenters. The van der Waals surface area contributed by atoms with E-state index in [9.17, 15) is 10.1 Å². The predicted molar refractivity (Wildman–Crippen MR) is 129 cm³/mol. The number of hydrogen-bond donors (Lipinski definition) is 1. The molecule has 1 amide bonds. The Balaban J connectivity index is 1.64. The normalized spacial score (nSPS) is 10.9. The van der Waals surface area contributed by atoms with Crippen LogP contribution in [0, 0.1) is 32.1 Å². The molecule has 1 N–H and O–H groups in total. The van der Waals surface area contributed by atoms with E-state index >= 15 is 0 Å².